The van der Waals surface area contributed by atoms with Crippen molar-refractivity contribution in [2.45, 2.75) is 6.29 Å². The molecule has 1 aliphatic rings. The molecule has 2 heterocycles. The summed E-state index contributed by atoms with van der Waals surface area (Å²) in [5, 5.41) is 9.51. The number of methoxy groups -OCH3 is 1. The van der Waals surface area contributed by atoms with Crippen molar-refractivity contribution in [2.75, 3.05) is 20.3 Å². The van der Waals surface area contributed by atoms with Crippen molar-refractivity contribution in [2.24, 2.45) is 0 Å². The van der Waals surface area contributed by atoms with Crippen LogP contribution in [0.4, 0.5) is 0 Å². The minimum absolute atomic E-state index is 0.0534. The normalized spacial score (nSPS) is 17.2. The lowest BCUT2D eigenvalue weighted by Gasteiger charge is -2.11. The molecule has 14 heavy (non-hydrogen) atoms. The van der Waals surface area contributed by atoms with Crippen LogP contribution in [0.15, 0.2) is 12.3 Å². The van der Waals surface area contributed by atoms with Gasteiger partial charge in [0.15, 0.2) is 6.29 Å². The van der Waals surface area contributed by atoms with Crippen molar-refractivity contribution < 1.29 is 19.3 Å². The van der Waals surface area contributed by atoms with Gasteiger partial charge >= 0.3 is 0 Å². The zero-order valence-electron chi connectivity index (χ0n) is 7.77. The smallest absolute Gasteiger partial charge is 0.213 e. The molecule has 76 valence electrons. The Morgan fingerprint density at radius 3 is 2.86 bits per heavy atom. The van der Waals surface area contributed by atoms with Crippen LogP contribution in [0.5, 0.6) is 11.6 Å². The van der Waals surface area contributed by atoms with Crippen LogP contribution in [0.1, 0.15) is 11.9 Å². The summed E-state index contributed by atoms with van der Waals surface area (Å²) >= 11 is 0. The molecule has 5 heteroatoms. The predicted octanol–water partition coefficient (Wildman–Crippen LogP) is 0.841. The first-order valence-corrected chi connectivity index (χ1v) is 4.27. The van der Waals surface area contributed by atoms with Crippen LogP contribution in [-0.4, -0.2) is 30.4 Å². The minimum atomic E-state index is -0.508. The summed E-state index contributed by atoms with van der Waals surface area (Å²) in [6.45, 7) is 1.07. The molecule has 1 N–H and O–H groups in total. The van der Waals surface area contributed by atoms with E-state index in [0.717, 1.165) is 0 Å². The Bertz CT molecular complexity index is 323. The number of rotatable bonds is 2. The van der Waals surface area contributed by atoms with E-state index in [9.17, 15) is 5.11 Å². The van der Waals surface area contributed by atoms with E-state index in [0.29, 0.717) is 24.7 Å². The molecule has 1 saturated heterocycles. The summed E-state index contributed by atoms with van der Waals surface area (Å²) in [5.41, 5.74) is 0.550. The van der Waals surface area contributed by atoms with Gasteiger partial charge in [0, 0.05) is 6.07 Å². The summed E-state index contributed by atoms with van der Waals surface area (Å²) in [5.74, 6) is 0.481. The summed E-state index contributed by atoms with van der Waals surface area (Å²) in [6.07, 6.45) is 0.811. The van der Waals surface area contributed by atoms with Gasteiger partial charge in [-0.15, -0.1) is 0 Å². The monoisotopic (exact) mass is 197 g/mol. The Kier molecular flexibility index (Phi) is 2.51. The van der Waals surface area contributed by atoms with Gasteiger partial charge in [-0.05, 0) is 0 Å². The second-order valence-electron chi connectivity index (χ2n) is 2.86. The highest BCUT2D eigenvalue weighted by molar-refractivity contribution is 5.34. The van der Waals surface area contributed by atoms with Crippen molar-refractivity contribution in [1.82, 2.24) is 4.98 Å². The number of nitrogens with zero attached hydrogens (tertiary/aromatic N) is 1. The van der Waals surface area contributed by atoms with Crippen LogP contribution < -0.4 is 4.74 Å². The van der Waals surface area contributed by atoms with Crippen molar-refractivity contribution >= 4 is 0 Å². The third-order valence-corrected chi connectivity index (χ3v) is 1.97. The van der Waals surface area contributed by atoms with E-state index in [1.54, 1.807) is 6.07 Å². The molecule has 1 aromatic rings. The maximum Gasteiger partial charge on any atom is 0.213 e. The number of aromatic nitrogens is 1. The number of pyridine rings is 1. The summed E-state index contributed by atoms with van der Waals surface area (Å²) in [6, 6.07) is 1.60. The number of aromatic hydroxyl groups is 1. The average Bonchev–Trinajstić information content (AvgIpc) is 2.71. The Hall–Kier alpha value is -1.33. The first-order valence-electron chi connectivity index (χ1n) is 4.27. The molecule has 0 saturated carbocycles. The summed E-state index contributed by atoms with van der Waals surface area (Å²) < 4.78 is 15.4. The summed E-state index contributed by atoms with van der Waals surface area (Å²) in [4.78, 5) is 3.85. The third kappa shape index (κ3) is 1.64. The second kappa shape index (κ2) is 3.81. The average molecular weight is 197 g/mol. The van der Waals surface area contributed by atoms with Crippen LogP contribution in [-0.2, 0) is 9.47 Å². The molecule has 1 aromatic heterocycles. The fraction of sp³-hybridized carbons (Fsp3) is 0.444. The fourth-order valence-electron chi connectivity index (χ4n) is 1.28. The lowest BCUT2D eigenvalue weighted by Crippen LogP contribution is -2.00. The van der Waals surface area contributed by atoms with Crippen molar-refractivity contribution in [3.63, 3.8) is 0 Å². The lowest BCUT2D eigenvalue weighted by atomic mass is 10.2. The molecule has 0 radical (unpaired) electrons. The van der Waals surface area contributed by atoms with Crippen LogP contribution in [0, 0.1) is 0 Å². The maximum absolute atomic E-state index is 9.51. The fourth-order valence-corrected chi connectivity index (χ4v) is 1.28. The Morgan fingerprint density at radius 1 is 1.50 bits per heavy atom. The molecule has 0 aliphatic carbocycles. The Morgan fingerprint density at radius 2 is 2.21 bits per heavy atom. The molecular weight excluding hydrogens is 186 g/mol. The molecule has 2 rings (SSSR count). The van der Waals surface area contributed by atoms with Crippen LogP contribution in [0.2, 0.25) is 0 Å². The zero-order chi connectivity index (χ0) is 9.97. The van der Waals surface area contributed by atoms with E-state index in [4.69, 9.17) is 14.2 Å². The van der Waals surface area contributed by atoms with Gasteiger partial charge in [0.25, 0.3) is 0 Å². The zero-order valence-corrected chi connectivity index (χ0v) is 7.77. The SMILES string of the molecule is COc1cc(C2OCCO2)c(O)cn1. The van der Waals surface area contributed by atoms with Gasteiger partial charge < -0.3 is 19.3 Å². The molecule has 5 nitrogen and oxygen atoms in total. The summed E-state index contributed by atoms with van der Waals surface area (Å²) in [7, 11) is 1.51. The van der Waals surface area contributed by atoms with E-state index in [1.807, 2.05) is 0 Å². The topological polar surface area (TPSA) is 60.8 Å². The molecule has 0 bridgehead atoms. The van der Waals surface area contributed by atoms with Crippen molar-refractivity contribution in [3.8, 4) is 11.6 Å². The Balaban J connectivity index is 2.29. The van der Waals surface area contributed by atoms with Crippen molar-refractivity contribution in [1.29, 1.82) is 0 Å². The highest BCUT2D eigenvalue weighted by Crippen LogP contribution is 2.31. The van der Waals surface area contributed by atoms with E-state index < -0.39 is 6.29 Å². The molecular formula is C9H11NO4. The molecule has 1 aliphatic heterocycles. The van der Waals surface area contributed by atoms with E-state index in [2.05, 4.69) is 4.98 Å². The minimum Gasteiger partial charge on any atom is -0.506 e. The molecule has 0 amide bonds. The third-order valence-electron chi connectivity index (χ3n) is 1.97. The van der Waals surface area contributed by atoms with E-state index in [1.165, 1.54) is 13.3 Å². The maximum atomic E-state index is 9.51. The molecule has 0 spiro atoms. The molecule has 0 atom stereocenters. The Labute approximate surface area is 81.2 Å². The van der Waals surface area contributed by atoms with Crippen LogP contribution in [0.25, 0.3) is 0 Å². The van der Waals surface area contributed by atoms with Crippen molar-refractivity contribution in [3.05, 3.63) is 17.8 Å². The highest BCUT2D eigenvalue weighted by atomic mass is 16.7. The molecule has 1 fully saturated rings. The highest BCUT2D eigenvalue weighted by Gasteiger charge is 2.22. The second-order valence-corrected chi connectivity index (χ2v) is 2.86. The number of ether oxygens (including phenoxy) is 3. The van der Waals surface area contributed by atoms with Gasteiger partial charge in [0.05, 0.1) is 32.1 Å². The van der Waals surface area contributed by atoms with Gasteiger partial charge in [0.1, 0.15) is 5.75 Å². The van der Waals surface area contributed by atoms with Gasteiger partial charge in [-0.3, -0.25) is 0 Å². The first kappa shape index (κ1) is 9.23. The van der Waals surface area contributed by atoms with Gasteiger partial charge in [-0.25, -0.2) is 4.98 Å². The first-order chi connectivity index (χ1) is 6.81. The molecule has 0 unspecified atom stereocenters. The quantitative estimate of drug-likeness (QED) is 0.761. The number of hydrogen-bond acceptors (Lipinski definition) is 5. The number of hydrogen-bond donors (Lipinski definition) is 1. The van der Waals surface area contributed by atoms with Gasteiger partial charge in [-0.2, -0.15) is 0 Å². The van der Waals surface area contributed by atoms with E-state index in [-0.39, 0.29) is 5.75 Å². The van der Waals surface area contributed by atoms with Crippen LogP contribution >= 0.6 is 0 Å². The van der Waals surface area contributed by atoms with Gasteiger partial charge in [-0.1, -0.05) is 0 Å². The predicted molar refractivity (Wildman–Crippen MR) is 47.1 cm³/mol. The van der Waals surface area contributed by atoms with Crippen LogP contribution in [0.3, 0.4) is 0 Å². The molecule has 0 aromatic carbocycles. The standard InChI is InChI=1S/C9H11NO4/c1-12-8-4-6(7(11)5-10-8)9-13-2-3-14-9/h4-5,9,11H,2-3H2,1H3. The largest absolute Gasteiger partial charge is 0.506 e. The van der Waals surface area contributed by atoms with Gasteiger partial charge in [0.2, 0.25) is 5.88 Å². The lowest BCUT2D eigenvalue weighted by molar-refractivity contribution is -0.0456. The van der Waals surface area contributed by atoms with E-state index >= 15 is 0 Å².